The van der Waals surface area contributed by atoms with Gasteiger partial charge in [0.05, 0.1) is 10.7 Å². The van der Waals surface area contributed by atoms with Crippen LogP contribution in [0.4, 0.5) is 10.5 Å². The van der Waals surface area contributed by atoms with E-state index >= 15 is 0 Å². The Morgan fingerprint density at radius 1 is 1.38 bits per heavy atom. The molecule has 7 heteroatoms. The molecule has 1 unspecified atom stereocenters. The highest BCUT2D eigenvalue weighted by molar-refractivity contribution is 6.36. The number of carboxylic acids is 1. The first kappa shape index (κ1) is 15.9. The summed E-state index contributed by atoms with van der Waals surface area (Å²) in [6.45, 7) is 1.07. The van der Waals surface area contributed by atoms with Crippen molar-refractivity contribution in [2.75, 3.05) is 18.4 Å². The molecule has 2 N–H and O–H groups in total. The second-order valence-corrected chi connectivity index (χ2v) is 5.95. The number of halogens is 2. The van der Waals surface area contributed by atoms with Crippen LogP contribution in [0.2, 0.25) is 10.0 Å². The van der Waals surface area contributed by atoms with E-state index in [0.717, 1.165) is 12.8 Å². The van der Waals surface area contributed by atoms with Gasteiger partial charge in [-0.05, 0) is 37.0 Å². The van der Waals surface area contributed by atoms with Crippen LogP contribution in [0.3, 0.4) is 0 Å². The quantitative estimate of drug-likeness (QED) is 0.887. The molecule has 0 spiro atoms. The van der Waals surface area contributed by atoms with Crippen LogP contribution >= 0.6 is 23.2 Å². The number of hydrogen-bond acceptors (Lipinski definition) is 2. The molecule has 1 aromatic carbocycles. The second-order valence-electron chi connectivity index (χ2n) is 5.11. The van der Waals surface area contributed by atoms with Crippen LogP contribution in [0, 0.1) is 5.92 Å². The van der Waals surface area contributed by atoms with Crippen molar-refractivity contribution in [2.45, 2.75) is 19.3 Å². The number of nitrogens with zero attached hydrogens (tertiary/aromatic N) is 1. The van der Waals surface area contributed by atoms with Crippen LogP contribution in [0.15, 0.2) is 18.2 Å². The molecular weight excluding hydrogens is 315 g/mol. The summed E-state index contributed by atoms with van der Waals surface area (Å²) >= 11 is 11.8. The summed E-state index contributed by atoms with van der Waals surface area (Å²) in [4.78, 5) is 24.6. The number of amides is 2. The van der Waals surface area contributed by atoms with Crippen LogP contribution in [0.25, 0.3) is 0 Å². The van der Waals surface area contributed by atoms with Crippen molar-refractivity contribution in [1.82, 2.24) is 4.90 Å². The minimum absolute atomic E-state index is 0.00249. The number of benzene rings is 1. The molecule has 0 radical (unpaired) electrons. The minimum atomic E-state index is -0.831. The predicted molar refractivity (Wildman–Crippen MR) is 82.0 cm³/mol. The summed E-state index contributed by atoms with van der Waals surface area (Å²) in [7, 11) is 0. The maximum Gasteiger partial charge on any atom is 0.321 e. The van der Waals surface area contributed by atoms with Gasteiger partial charge in [-0.3, -0.25) is 4.79 Å². The lowest BCUT2D eigenvalue weighted by atomic mass is 9.95. The molecular formula is C14H16Cl2N2O3. The Morgan fingerprint density at radius 3 is 2.81 bits per heavy atom. The maximum atomic E-state index is 12.2. The minimum Gasteiger partial charge on any atom is -0.481 e. The number of likely N-dealkylation sites (tertiary alicyclic amines) is 1. The first-order valence-corrected chi connectivity index (χ1v) is 7.44. The third-order valence-corrected chi connectivity index (χ3v) is 3.99. The smallest absolute Gasteiger partial charge is 0.321 e. The lowest BCUT2D eigenvalue weighted by Crippen LogP contribution is -2.42. The van der Waals surface area contributed by atoms with Crippen molar-refractivity contribution < 1.29 is 14.7 Å². The molecule has 1 aliphatic rings. The van der Waals surface area contributed by atoms with Crippen molar-refractivity contribution in [3.05, 3.63) is 28.2 Å². The van der Waals surface area contributed by atoms with Crippen molar-refractivity contribution in [3.63, 3.8) is 0 Å². The number of urea groups is 1. The third kappa shape index (κ3) is 4.51. The van der Waals surface area contributed by atoms with Gasteiger partial charge in [0.1, 0.15) is 0 Å². The average Bonchev–Trinajstić information content (AvgIpc) is 2.41. The van der Waals surface area contributed by atoms with E-state index in [9.17, 15) is 9.59 Å². The number of aliphatic carboxylic acids is 1. The molecule has 21 heavy (non-hydrogen) atoms. The van der Waals surface area contributed by atoms with E-state index in [1.54, 1.807) is 23.1 Å². The summed E-state index contributed by atoms with van der Waals surface area (Å²) < 4.78 is 0. The van der Waals surface area contributed by atoms with Crippen LogP contribution in [0.1, 0.15) is 19.3 Å². The largest absolute Gasteiger partial charge is 0.481 e. The molecule has 0 bridgehead atoms. The molecule has 2 amide bonds. The number of rotatable bonds is 3. The van der Waals surface area contributed by atoms with Gasteiger partial charge in [-0.1, -0.05) is 23.2 Å². The molecule has 2 rings (SSSR count). The summed E-state index contributed by atoms with van der Waals surface area (Å²) in [5.74, 6) is -0.828. The third-order valence-electron chi connectivity index (χ3n) is 3.44. The van der Waals surface area contributed by atoms with E-state index < -0.39 is 5.97 Å². The van der Waals surface area contributed by atoms with Gasteiger partial charge in [-0.15, -0.1) is 0 Å². The zero-order valence-electron chi connectivity index (χ0n) is 11.3. The lowest BCUT2D eigenvalue weighted by molar-refractivity contribution is -0.138. The fourth-order valence-corrected chi connectivity index (χ4v) is 2.90. The summed E-state index contributed by atoms with van der Waals surface area (Å²) in [6.07, 6.45) is 1.73. The van der Waals surface area contributed by atoms with Gasteiger partial charge in [0.15, 0.2) is 0 Å². The molecule has 0 saturated carbocycles. The van der Waals surface area contributed by atoms with Gasteiger partial charge >= 0.3 is 12.0 Å². The fraction of sp³-hybridized carbons (Fsp3) is 0.429. The Bertz CT molecular complexity index is 551. The van der Waals surface area contributed by atoms with E-state index in [1.807, 2.05) is 0 Å². The lowest BCUT2D eigenvalue weighted by Gasteiger charge is -2.32. The van der Waals surface area contributed by atoms with Crippen molar-refractivity contribution in [2.24, 2.45) is 5.92 Å². The normalized spacial score (nSPS) is 18.4. The summed E-state index contributed by atoms with van der Waals surface area (Å²) in [5, 5.41) is 12.4. The highest BCUT2D eigenvalue weighted by Gasteiger charge is 2.25. The highest BCUT2D eigenvalue weighted by Crippen LogP contribution is 2.26. The molecule has 5 nitrogen and oxygen atoms in total. The highest BCUT2D eigenvalue weighted by atomic mass is 35.5. The number of carboxylic acid groups (broad SMARTS) is 1. The van der Waals surface area contributed by atoms with Gasteiger partial charge in [0.2, 0.25) is 0 Å². The first-order chi connectivity index (χ1) is 9.95. The Kier molecular flexibility index (Phi) is 5.31. The zero-order chi connectivity index (χ0) is 15.4. The van der Waals surface area contributed by atoms with Gasteiger partial charge in [0.25, 0.3) is 0 Å². The SMILES string of the molecule is O=C(O)CC1CCCN(C(=O)Nc2ccc(Cl)cc2Cl)C1. The molecule has 0 aromatic heterocycles. The summed E-state index contributed by atoms with van der Waals surface area (Å²) in [5.41, 5.74) is 0.492. The van der Waals surface area contributed by atoms with E-state index in [4.69, 9.17) is 28.3 Å². The van der Waals surface area contributed by atoms with Gasteiger partial charge in [-0.2, -0.15) is 0 Å². The van der Waals surface area contributed by atoms with Crippen molar-refractivity contribution >= 4 is 40.9 Å². The Morgan fingerprint density at radius 2 is 2.14 bits per heavy atom. The second kappa shape index (κ2) is 7.00. The number of hydrogen-bond donors (Lipinski definition) is 2. The molecule has 1 saturated heterocycles. The standard InChI is InChI=1S/C14H16Cl2N2O3/c15-10-3-4-12(11(16)7-10)17-14(21)18-5-1-2-9(8-18)6-13(19)20/h3-4,7,9H,1-2,5-6,8H2,(H,17,21)(H,19,20). The van der Waals surface area contributed by atoms with Crippen molar-refractivity contribution in [3.8, 4) is 0 Å². The zero-order valence-corrected chi connectivity index (χ0v) is 12.8. The average molecular weight is 331 g/mol. The number of piperidine rings is 1. The Hall–Kier alpha value is -1.46. The maximum absolute atomic E-state index is 12.2. The van der Waals surface area contributed by atoms with Crippen LogP contribution in [-0.2, 0) is 4.79 Å². The molecule has 114 valence electrons. The van der Waals surface area contributed by atoms with E-state index in [1.165, 1.54) is 0 Å². The molecule has 1 aromatic rings. The monoisotopic (exact) mass is 330 g/mol. The number of anilines is 1. The summed E-state index contributed by atoms with van der Waals surface area (Å²) in [6, 6.07) is 4.57. The Labute approximate surface area is 132 Å². The number of carbonyl (C=O) groups excluding carboxylic acids is 1. The molecule has 1 fully saturated rings. The predicted octanol–water partition coefficient (Wildman–Crippen LogP) is 3.71. The number of carbonyl (C=O) groups is 2. The molecule has 1 atom stereocenters. The molecule has 1 heterocycles. The van der Waals surface area contributed by atoms with Crippen LogP contribution in [0.5, 0.6) is 0 Å². The van der Waals surface area contributed by atoms with E-state index in [0.29, 0.717) is 28.8 Å². The first-order valence-electron chi connectivity index (χ1n) is 6.68. The molecule has 1 aliphatic heterocycles. The Balaban J connectivity index is 1.97. The van der Waals surface area contributed by atoms with Gasteiger partial charge in [0, 0.05) is 24.5 Å². The van der Waals surface area contributed by atoms with E-state index in [2.05, 4.69) is 5.32 Å². The van der Waals surface area contributed by atoms with Crippen molar-refractivity contribution in [1.29, 1.82) is 0 Å². The topological polar surface area (TPSA) is 69.6 Å². The van der Waals surface area contributed by atoms with Gasteiger partial charge in [-0.25, -0.2) is 4.79 Å². The fourth-order valence-electron chi connectivity index (χ4n) is 2.45. The molecule has 0 aliphatic carbocycles. The van der Waals surface area contributed by atoms with E-state index in [-0.39, 0.29) is 18.4 Å². The van der Waals surface area contributed by atoms with Crippen LogP contribution in [-0.4, -0.2) is 35.1 Å². The number of nitrogens with one attached hydrogen (secondary N) is 1. The van der Waals surface area contributed by atoms with Crippen LogP contribution < -0.4 is 5.32 Å². The van der Waals surface area contributed by atoms with Gasteiger partial charge < -0.3 is 15.3 Å².